The Morgan fingerprint density at radius 3 is 2.71 bits per heavy atom. The highest BCUT2D eigenvalue weighted by Crippen LogP contribution is 2.25. The highest BCUT2D eigenvalue weighted by atomic mass is 35.5. The molecule has 3 rings (SSSR count). The molecule has 0 amide bonds. The van der Waals surface area contributed by atoms with Gasteiger partial charge in [0.05, 0.1) is 15.7 Å². The van der Waals surface area contributed by atoms with Crippen molar-refractivity contribution in [1.82, 2.24) is 14.5 Å². The highest BCUT2D eigenvalue weighted by Gasteiger charge is 2.14. The van der Waals surface area contributed by atoms with Crippen molar-refractivity contribution in [2.75, 3.05) is 6.26 Å². The van der Waals surface area contributed by atoms with Crippen LogP contribution in [0.25, 0.3) is 16.0 Å². The largest absolute Gasteiger partial charge is 0.334 e. The van der Waals surface area contributed by atoms with Gasteiger partial charge in [-0.1, -0.05) is 35.0 Å². The van der Waals surface area contributed by atoms with Gasteiger partial charge in [-0.25, -0.2) is 14.3 Å². The highest BCUT2D eigenvalue weighted by molar-refractivity contribution is 8.00. The predicted octanol–water partition coefficient (Wildman–Crippen LogP) is 3.16. The van der Waals surface area contributed by atoms with E-state index in [0.717, 1.165) is 4.57 Å². The fraction of sp³-hybridized carbons (Fsp3) is 0.0833. The van der Waals surface area contributed by atoms with E-state index in [9.17, 15) is 9.59 Å². The summed E-state index contributed by atoms with van der Waals surface area (Å²) >= 11 is 14.4. The number of nitrogens with one attached hydrogen (secondary N) is 1. The molecule has 0 aliphatic carbocycles. The molecule has 21 heavy (non-hydrogen) atoms. The molecule has 0 bridgehead atoms. The Hall–Kier alpha value is -1.28. The molecule has 108 valence electrons. The van der Waals surface area contributed by atoms with Gasteiger partial charge >= 0.3 is 5.69 Å². The molecule has 0 aliphatic heterocycles. The summed E-state index contributed by atoms with van der Waals surface area (Å²) in [7, 11) is 0. The minimum absolute atomic E-state index is 0.273. The lowest BCUT2D eigenvalue weighted by Gasteiger charge is -2.05. The predicted molar refractivity (Wildman–Crippen MR) is 87.6 cm³/mol. The van der Waals surface area contributed by atoms with Gasteiger partial charge in [0.2, 0.25) is 0 Å². The van der Waals surface area contributed by atoms with Crippen LogP contribution in [0.15, 0.2) is 32.1 Å². The van der Waals surface area contributed by atoms with Crippen LogP contribution in [-0.2, 0) is 0 Å². The van der Waals surface area contributed by atoms with E-state index in [1.807, 2.05) is 6.26 Å². The molecule has 3 aromatic rings. The van der Waals surface area contributed by atoms with Crippen LogP contribution in [0.5, 0.6) is 0 Å². The van der Waals surface area contributed by atoms with Crippen LogP contribution in [-0.4, -0.2) is 20.8 Å². The van der Waals surface area contributed by atoms with Crippen molar-refractivity contribution >= 4 is 56.6 Å². The first-order valence-corrected chi connectivity index (χ1v) is 8.46. The van der Waals surface area contributed by atoms with Crippen LogP contribution in [0.4, 0.5) is 0 Å². The summed E-state index contributed by atoms with van der Waals surface area (Å²) in [5.41, 5.74) is -0.332. The number of nitrogens with zero attached hydrogens (tertiary/aromatic N) is 2. The quantitative estimate of drug-likeness (QED) is 0.713. The third kappa shape index (κ3) is 2.50. The minimum atomic E-state index is -0.566. The van der Waals surface area contributed by atoms with Crippen molar-refractivity contribution in [1.29, 1.82) is 0 Å². The molecular weight excluding hydrogens is 353 g/mol. The summed E-state index contributed by atoms with van der Waals surface area (Å²) in [4.78, 5) is 31.4. The maximum Gasteiger partial charge on any atom is 0.334 e. The van der Waals surface area contributed by atoms with Gasteiger partial charge in [0, 0.05) is 0 Å². The van der Waals surface area contributed by atoms with Crippen molar-refractivity contribution in [2.45, 2.75) is 4.34 Å². The molecule has 1 aromatic carbocycles. The fourth-order valence-corrected chi connectivity index (χ4v) is 3.57. The Kier molecular flexibility index (Phi) is 3.83. The zero-order valence-electron chi connectivity index (χ0n) is 10.5. The number of fused-ring (bicyclic) bond motifs is 1. The molecule has 2 aromatic heterocycles. The zero-order valence-corrected chi connectivity index (χ0v) is 13.7. The van der Waals surface area contributed by atoms with Gasteiger partial charge in [0.25, 0.3) is 5.56 Å². The summed E-state index contributed by atoms with van der Waals surface area (Å²) in [5, 5.41) is 0.628. The lowest BCUT2D eigenvalue weighted by atomic mass is 10.3. The topological polar surface area (TPSA) is 67.8 Å². The summed E-state index contributed by atoms with van der Waals surface area (Å²) in [6, 6.07) is 4.57. The maximum absolute atomic E-state index is 12.5. The average molecular weight is 360 g/mol. The van der Waals surface area contributed by atoms with Crippen LogP contribution in [0.1, 0.15) is 0 Å². The van der Waals surface area contributed by atoms with E-state index < -0.39 is 11.2 Å². The zero-order chi connectivity index (χ0) is 15.1. The molecule has 5 nitrogen and oxygen atoms in total. The number of aromatic nitrogens is 3. The smallest absolute Gasteiger partial charge is 0.290 e. The number of benzene rings is 1. The van der Waals surface area contributed by atoms with Gasteiger partial charge in [-0.2, -0.15) is 0 Å². The second-order valence-corrected chi connectivity index (χ2v) is 6.90. The molecule has 0 unspecified atom stereocenters. The summed E-state index contributed by atoms with van der Waals surface area (Å²) in [6.45, 7) is 0. The maximum atomic E-state index is 12.5. The lowest BCUT2D eigenvalue weighted by molar-refractivity contribution is 0.898. The molecular formula is C12H7Cl2N3O2S2. The molecule has 2 heterocycles. The normalized spacial score (nSPS) is 11.2. The van der Waals surface area contributed by atoms with E-state index in [1.54, 1.807) is 6.07 Å². The Morgan fingerprint density at radius 2 is 2.05 bits per heavy atom. The first-order chi connectivity index (χ1) is 10.0. The number of thiazole rings is 1. The van der Waals surface area contributed by atoms with Crippen molar-refractivity contribution in [3.63, 3.8) is 0 Å². The van der Waals surface area contributed by atoms with Gasteiger partial charge in [-0.05, 0) is 24.5 Å². The van der Waals surface area contributed by atoms with Crippen LogP contribution in [0, 0.1) is 0 Å². The molecule has 0 fully saturated rings. The summed E-state index contributed by atoms with van der Waals surface area (Å²) < 4.78 is 2.13. The molecule has 0 saturated heterocycles. The number of hydrogen-bond acceptors (Lipinski definition) is 5. The number of aromatic amines is 1. The Balaban J connectivity index is 2.34. The molecule has 9 heteroatoms. The Morgan fingerprint density at radius 1 is 1.29 bits per heavy atom. The first kappa shape index (κ1) is 14.6. The third-order valence-electron chi connectivity index (χ3n) is 2.77. The SMILES string of the molecule is CSc1nc2[nH]c(=O)n(-c3ccc(Cl)c(Cl)c3)c(=O)c2s1. The van der Waals surface area contributed by atoms with E-state index >= 15 is 0 Å². The van der Waals surface area contributed by atoms with E-state index in [-0.39, 0.29) is 5.02 Å². The fourth-order valence-electron chi connectivity index (χ4n) is 1.83. The van der Waals surface area contributed by atoms with Crippen molar-refractivity contribution < 1.29 is 0 Å². The summed E-state index contributed by atoms with van der Waals surface area (Å²) in [6.07, 6.45) is 1.85. The molecule has 0 aliphatic rings. The molecule has 1 N–H and O–H groups in total. The van der Waals surface area contributed by atoms with Gasteiger partial charge in [0.15, 0.2) is 9.99 Å². The van der Waals surface area contributed by atoms with Crippen molar-refractivity contribution in [3.8, 4) is 5.69 Å². The second kappa shape index (κ2) is 5.49. The minimum Gasteiger partial charge on any atom is -0.290 e. The standard InChI is InChI=1S/C12H7Cl2N3O2S2/c1-20-12-16-9-8(21-12)10(18)17(11(19)15-9)5-2-3-6(13)7(14)4-5/h2-4H,1H3,(H,15,19). The number of H-pyrrole nitrogens is 1. The Bertz CT molecular complexity index is 961. The number of halogens is 2. The van der Waals surface area contributed by atoms with E-state index in [0.29, 0.717) is 25.4 Å². The third-order valence-corrected chi connectivity index (χ3v) is 5.54. The molecule has 0 spiro atoms. The van der Waals surface area contributed by atoms with Gasteiger partial charge in [-0.3, -0.25) is 9.78 Å². The van der Waals surface area contributed by atoms with Crippen LogP contribution in [0.3, 0.4) is 0 Å². The van der Waals surface area contributed by atoms with E-state index in [4.69, 9.17) is 23.2 Å². The van der Waals surface area contributed by atoms with Gasteiger partial charge < -0.3 is 0 Å². The molecule has 0 saturated carbocycles. The van der Waals surface area contributed by atoms with E-state index in [2.05, 4.69) is 9.97 Å². The van der Waals surface area contributed by atoms with Crippen LogP contribution in [0.2, 0.25) is 10.0 Å². The monoisotopic (exact) mass is 359 g/mol. The number of hydrogen-bond donors (Lipinski definition) is 1. The molecule has 0 atom stereocenters. The average Bonchev–Trinajstić information content (AvgIpc) is 2.86. The Labute approximate surface area is 136 Å². The second-order valence-electron chi connectivity index (χ2n) is 4.03. The lowest BCUT2D eigenvalue weighted by Crippen LogP contribution is -2.33. The van der Waals surface area contributed by atoms with Crippen LogP contribution < -0.4 is 11.2 Å². The number of thioether (sulfide) groups is 1. The number of rotatable bonds is 2. The van der Waals surface area contributed by atoms with Crippen molar-refractivity contribution in [2.24, 2.45) is 0 Å². The van der Waals surface area contributed by atoms with E-state index in [1.165, 1.54) is 35.2 Å². The summed E-state index contributed by atoms with van der Waals surface area (Å²) in [5.74, 6) is 0. The van der Waals surface area contributed by atoms with Crippen molar-refractivity contribution in [3.05, 3.63) is 49.1 Å². The van der Waals surface area contributed by atoms with Crippen LogP contribution >= 0.6 is 46.3 Å². The van der Waals surface area contributed by atoms with Gasteiger partial charge in [0.1, 0.15) is 4.70 Å². The first-order valence-electron chi connectivity index (χ1n) is 5.66. The molecule has 0 radical (unpaired) electrons. The van der Waals surface area contributed by atoms with Gasteiger partial charge in [-0.15, -0.1) is 11.3 Å².